The van der Waals surface area contributed by atoms with Crippen molar-refractivity contribution in [3.05, 3.63) is 68.1 Å². The van der Waals surface area contributed by atoms with Crippen molar-refractivity contribution in [3.8, 4) is 0 Å². The highest BCUT2D eigenvalue weighted by Crippen LogP contribution is 2.46. The second-order valence-electron chi connectivity index (χ2n) is 5.98. The van der Waals surface area contributed by atoms with Gasteiger partial charge in [0.05, 0.1) is 19.6 Å². The Morgan fingerprint density at radius 2 is 1.93 bits per heavy atom. The van der Waals surface area contributed by atoms with E-state index in [4.69, 9.17) is 23.2 Å². The van der Waals surface area contributed by atoms with E-state index < -0.39 is 42.7 Å². The van der Waals surface area contributed by atoms with Crippen molar-refractivity contribution in [1.29, 1.82) is 0 Å². The highest BCUT2D eigenvalue weighted by molar-refractivity contribution is 6.35. The van der Waals surface area contributed by atoms with Crippen LogP contribution in [0.2, 0.25) is 10.0 Å². The van der Waals surface area contributed by atoms with Gasteiger partial charge < -0.3 is 14.4 Å². The molecule has 0 radical (unpaired) electrons. The van der Waals surface area contributed by atoms with Gasteiger partial charge in [-0.3, -0.25) is 9.59 Å². The number of benzene rings is 1. The lowest BCUT2D eigenvalue weighted by atomic mass is 9.81. The lowest BCUT2D eigenvalue weighted by molar-refractivity contribution is -0.158. The zero-order chi connectivity index (χ0) is 21.1. The molecule has 2 rings (SSSR count). The minimum Gasteiger partial charge on any atom is -0.468 e. The Hall–Kier alpha value is -2.03. The molecule has 28 heavy (non-hydrogen) atoms. The first-order valence-corrected chi connectivity index (χ1v) is 8.73. The maximum Gasteiger partial charge on any atom is 0.396 e. The minimum absolute atomic E-state index is 0.0279. The summed E-state index contributed by atoms with van der Waals surface area (Å²) in [4.78, 5) is 23.5. The van der Waals surface area contributed by atoms with Gasteiger partial charge in [-0.1, -0.05) is 29.3 Å². The first-order valence-electron chi connectivity index (χ1n) is 7.98. The van der Waals surface area contributed by atoms with E-state index in [2.05, 4.69) is 4.74 Å². The Balaban J connectivity index is 2.53. The summed E-state index contributed by atoms with van der Waals surface area (Å²) in [5.74, 6) is -4.37. The zero-order valence-electron chi connectivity index (χ0n) is 14.5. The maximum absolute atomic E-state index is 13.9. The third-order valence-corrected chi connectivity index (χ3v) is 4.78. The molecule has 1 heterocycles. The molecule has 1 N–H and O–H groups in total. The van der Waals surface area contributed by atoms with Gasteiger partial charge in [0.1, 0.15) is 6.54 Å². The van der Waals surface area contributed by atoms with E-state index in [1.807, 2.05) is 0 Å². The van der Waals surface area contributed by atoms with Gasteiger partial charge in [0, 0.05) is 28.2 Å². The van der Waals surface area contributed by atoms with Gasteiger partial charge in [-0.05, 0) is 29.3 Å². The van der Waals surface area contributed by atoms with Crippen LogP contribution in [0.3, 0.4) is 0 Å². The third-order valence-electron chi connectivity index (χ3n) is 4.22. The van der Waals surface area contributed by atoms with Crippen LogP contribution in [0.15, 0.2) is 41.3 Å². The number of methoxy groups -OCH3 is 1. The van der Waals surface area contributed by atoms with Crippen LogP contribution in [0, 0.1) is 0 Å². The molecule has 10 heteroatoms. The number of carbonyl (C=O) groups is 1. The van der Waals surface area contributed by atoms with Gasteiger partial charge in [-0.25, -0.2) is 0 Å². The molecule has 0 aliphatic heterocycles. The fourth-order valence-corrected chi connectivity index (χ4v) is 3.43. The van der Waals surface area contributed by atoms with Crippen molar-refractivity contribution in [3.63, 3.8) is 0 Å². The minimum atomic E-state index is -4.78. The third kappa shape index (κ3) is 5.06. The fourth-order valence-electron chi connectivity index (χ4n) is 2.89. The SMILES string of the molecule is COC(=O)Cn1ccc(C(C(CO)c2ccc(Cl)cc2Cl)C(F)(F)F)cc1=O. The summed E-state index contributed by atoms with van der Waals surface area (Å²) in [6.45, 7) is -1.30. The number of nitrogens with zero attached hydrogens (tertiary/aromatic N) is 1. The number of esters is 1. The molecule has 1 aromatic carbocycles. The van der Waals surface area contributed by atoms with E-state index in [-0.39, 0.29) is 21.2 Å². The molecule has 2 atom stereocenters. The zero-order valence-corrected chi connectivity index (χ0v) is 16.1. The van der Waals surface area contributed by atoms with Crippen molar-refractivity contribution in [2.24, 2.45) is 0 Å². The highest BCUT2D eigenvalue weighted by Gasteiger charge is 2.46. The van der Waals surface area contributed by atoms with Gasteiger partial charge in [0.15, 0.2) is 0 Å². The average molecular weight is 438 g/mol. The van der Waals surface area contributed by atoms with Crippen LogP contribution in [0.1, 0.15) is 23.0 Å². The summed E-state index contributed by atoms with van der Waals surface area (Å²) in [6.07, 6.45) is -3.71. The Kier molecular flexibility index (Phi) is 7.14. The molecular formula is C18H16Cl2F3NO4. The molecule has 2 aromatic rings. The molecule has 0 fully saturated rings. The molecule has 0 saturated carbocycles. The van der Waals surface area contributed by atoms with Crippen molar-refractivity contribution in [2.45, 2.75) is 24.6 Å². The second kappa shape index (κ2) is 8.98. The van der Waals surface area contributed by atoms with E-state index in [1.54, 1.807) is 0 Å². The van der Waals surface area contributed by atoms with Crippen LogP contribution in [0.4, 0.5) is 13.2 Å². The summed E-state index contributed by atoms with van der Waals surface area (Å²) in [6, 6.07) is 5.82. The first-order chi connectivity index (χ1) is 13.1. The number of aromatic nitrogens is 1. The number of hydrogen-bond acceptors (Lipinski definition) is 4. The number of aliphatic hydroxyl groups is 1. The normalized spacial score (nSPS) is 13.8. The molecular weight excluding hydrogens is 422 g/mol. The topological polar surface area (TPSA) is 68.5 Å². The number of pyridine rings is 1. The van der Waals surface area contributed by atoms with E-state index in [9.17, 15) is 27.9 Å². The average Bonchev–Trinajstić information content (AvgIpc) is 2.61. The Morgan fingerprint density at radius 3 is 2.43 bits per heavy atom. The fraction of sp³-hybridized carbons (Fsp3) is 0.333. The standard InChI is InChI=1S/C18H16Cl2F3NO4/c1-28-16(27)8-24-5-4-10(6-15(24)26)17(18(21,22)23)13(9-25)12-3-2-11(19)7-14(12)20/h2-7,13,17,25H,8-9H2,1H3. The lowest BCUT2D eigenvalue weighted by Crippen LogP contribution is -2.31. The van der Waals surface area contributed by atoms with Crippen LogP contribution in [0.5, 0.6) is 0 Å². The van der Waals surface area contributed by atoms with Crippen molar-refractivity contribution < 1.29 is 27.8 Å². The van der Waals surface area contributed by atoms with Gasteiger partial charge in [-0.15, -0.1) is 0 Å². The Labute approximate surface area is 168 Å². The molecule has 0 saturated heterocycles. The van der Waals surface area contributed by atoms with Gasteiger partial charge in [-0.2, -0.15) is 13.2 Å². The lowest BCUT2D eigenvalue weighted by Gasteiger charge is -2.29. The van der Waals surface area contributed by atoms with Crippen LogP contribution in [-0.2, 0) is 16.1 Å². The van der Waals surface area contributed by atoms with Crippen LogP contribution in [0.25, 0.3) is 0 Å². The van der Waals surface area contributed by atoms with E-state index in [0.717, 1.165) is 30.0 Å². The molecule has 1 aromatic heterocycles. The summed E-state index contributed by atoms with van der Waals surface area (Å²) in [5.41, 5.74) is -1.12. The molecule has 2 unspecified atom stereocenters. The largest absolute Gasteiger partial charge is 0.468 e. The monoisotopic (exact) mass is 437 g/mol. The van der Waals surface area contributed by atoms with Crippen molar-refractivity contribution in [1.82, 2.24) is 4.57 Å². The van der Waals surface area contributed by atoms with Gasteiger partial charge in [0.25, 0.3) is 5.56 Å². The molecule has 152 valence electrons. The summed E-state index contributed by atoms with van der Waals surface area (Å²) in [7, 11) is 1.13. The summed E-state index contributed by atoms with van der Waals surface area (Å²) < 4.78 is 47.0. The number of hydrogen-bond donors (Lipinski definition) is 1. The molecule has 0 aliphatic carbocycles. The van der Waals surface area contributed by atoms with E-state index in [1.165, 1.54) is 18.2 Å². The molecule has 0 bridgehead atoms. The van der Waals surface area contributed by atoms with Gasteiger partial charge in [0.2, 0.25) is 0 Å². The molecule has 0 amide bonds. The Bertz CT molecular complexity index is 914. The second-order valence-corrected chi connectivity index (χ2v) is 6.82. The maximum atomic E-state index is 13.9. The highest BCUT2D eigenvalue weighted by atomic mass is 35.5. The van der Waals surface area contributed by atoms with Crippen LogP contribution >= 0.6 is 23.2 Å². The number of rotatable bonds is 6. The molecule has 5 nitrogen and oxygen atoms in total. The van der Waals surface area contributed by atoms with Crippen molar-refractivity contribution >= 4 is 29.2 Å². The summed E-state index contributed by atoms with van der Waals surface area (Å²) >= 11 is 11.8. The predicted octanol–water partition coefficient (Wildman–Crippen LogP) is 3.75. The first kappa shape index (κ1) is 22.3. The quantitative estimate of drug-likeness (QED) is 0.698. The number of ether oxygens (including phenoxy) is 1. The number of aliphatic hydroxyl groups excluding tert-OH is 1. The number of carbonyl (C=O) groups excluding carboxylic acids is 1. The van der Waals surface area contributed by atoms with Gasteiger partial charge >= 0.3 is 12.1 Å². The van der Waals surface area contributed by atoms with Crippen LogP contribution < -0.4 is 5.56 Å². The van der Waals surface area contributed by atoms with E-state index >= 15 is 0 Å². The number of alkyl halides is 3. The molecule has 0 spiro atoms. The van der Waals surface area contributed by atoms with Crippen LogP contribution in [-0.4, -0.2) is 35.5 Å². The smallest absolute Gasteiger partial charge is 0.396 e. The van der Waals surface area contributed by atoms with E-state index in [0.29, 0.717) is 0 Å². The Morgan fingerprint density at radius 1 is 1.25 bits per heavy atom. The summed E-state index contributed by atoms with van der Waals surface area (Å²) in [5, 5.41) is 9.91. The molecule has 0 aliphatic rings. The number of halogens is 5. The van der Waals surface area contributed by atoms with Crippen molar-refractivity contribution in [2.75, 3.05) is 13.7 Å². The predicted molar refractivity (Wildman–Crippen MR) is 97.8 cm³/mol.